The van der Waals surface area contributed by atoms with E-state index in [1.54, 1.807) is 0 Å². The number of carbonyl (C=O) groups excluding carboxylic acids is 3. The lowest BCUT2D eigenvalue weighted by atomic mass is 9.46. The van der Waals surface area contributed by atoms with E-state index in [2.05, 4.69) is 6.92 Å². The average Bonchev–Trinajstić information content (AvgIpc) is 2.75. The molecule has 136 valence electrons. The van der Waals surface area contributed by atoms with E-state index in [0.29, 0.717) is 18.8 Å². The van der Waals surface area contributed by atoms with E-state index in [9.17, 15) is 19.5 Å². The van der Waals surface area contributed by atoms with Gasteiger partial charge in [-0.15, -0.1) is 0 Å². The molecular formula is C21H28O4. The van der Waals surface area contributed by atoms with Gasteiger partial charge in [0.25, 0.3) is 0 Å². The molecule has 4 rings (SSSR count). The lowest BCUT2D eigenvalue weighted by Crippen LogP contribution is -2.57. The second-order valence-corrected chi connectivity index (χ2v) is 9.36. The third kappa shape index (κ3) is 2.00. The molecule has 1 N–H and O–H groups in total. The summed E-state index contributed by atoms with van der Waals surface area (Å²) in [7, 11) is 0. The molecule has 0 heterocycles. The largest absolute Gasteiger partial charge is 0.381 e. The van der Waals surface area contributed by atoms with Crippen LogP contribution in [0.3, 0.4) is 0 Å². The maximum absolute atomic E-state index is 12.9. The minimum Gasteiger partial charge on any atom is -0.381 e. The minimum atomic E-state index is -1.50. The van der Waals surface area contributed by atoms with Crippen LogP contribution < -0.4 is 0 Å². The fourth-order valence-corrected chi connectivity index (χ4v) is 6.92. The van der Waals surface area contributed by atoms with Gasteiger partial charge in [-0.2, -0.15) is 0 Å². The SMILES string of the molecule is CC(=O)C1(O)CC(=O)C2C3CCC4=CC(=O)CCC4(C)C3CCC21C. The Bertz CT molecular complexity index is 707. The molecule has 0 radical (unpaired) electrons. The molecule has 25 heavy (non-hydrogen) atoms. The molecule has 6 atom stereocenters. The Hall–Kier alpha value is -1.29. The van der Waals surface area contributed by atoms with Crippen LogP contribution >= 0.6 is 0 Å². The van der Waals surface area contributed by atoms with Gasteiger partial charge in [-0.3, -0.25) is 14.4 Å². The van der Waals surface area contributed by atoms with E-state index >= 15 is 0 Å². The zero-order valence-electron chi connectivity index (χ0n) is 15.4. The molecule has 0 aromatic carbocycles. The zero-order valence-corrected chi connectivity index (χ0v) is 15.4. The van der Waals surface area contributed by atoms with Gasteiger partial charge in [-0.05, 0) is 62.4 Å². The second-order valence-electron chi connectivity index (χ2n) is 9.36. The topological polar surface area (TPSA) is 71.4 Å². The van der Waals surface area contributed by atoms with Gasteiger partial charge in [0.2, 0.25) is 0 Å². The Morgan fingerprint density at radius 2 is 1.88 bits per heavy atom. The molecule has 4 aliphatic carbocycles. The third-order valence-electron chi connectivity index (χ3n) is 8.44. The van der Waals surface area contributed by atoms with Gasteiger partial charge in [-0.1, -0.05) is 19.4 Å². The summed E-state index contributed by atoms with van der Waals surface area (Å²) < 4.78 is 0. The van der Waals surface area contributed by atoms with Crippen molar-refractivity contribution in [1.29, 1.82) is 0 Å². The number of ketones is 3. The quantitative estimate of drug-likeness (QED) is 0.794. The monoisotopic (exact) mass is 344 g/mol. The van der Waals surface area contributed by atoms with Crippen molar-refractivity contribution < 1.29 is 19.5 Å². The third-order valence-corrected chi connectivity index (χ3v) is 8.44. The summed E-state index contributed by atoms with van der Waals surface area (Å²) in [4.78, 5) is 37.0. The van der Waals surface area contributed by atoms with Gasteiger partial charge in [0.15, 0.2) is 11.6 Å². The Kier molecular flexibility index (Phi) is 3.51. The first kappa shape index (κ1) is 17.1. The Morgan fingerprint density at radius 1 is 1.16 bits per heavy atom. The van der Waals surface area contributed by atoms with Crippen molar-refractivity contribution in [3.05, 3.63) is 11.6 Å². The van der Waals surface area contributed by atoms with Gasteiger partial charge in [0, 0.05) is 24.2 Å². The predicted molar refractivity (Wildman–Crippen MR) is 92.7 cm³/mol. The van der Waals surface area contributed by atoms with Crippen LogP contribution in [0.5, 0.6) is 0 Å². The number of hydrogen-bond donors (Lipinski definition) is 1. The highest BCUT2D eigenvalue weighted by Gasteiger charge is 2.68. The van der Waals surface area contributed by atoms with Crippen LogP contribution in [0.4, 0.5) is 0 Å². The van der Waals surface area contributed by atoms with Gasteiger partial charge >= 0.3 is 0 Å². The Morgan fingerprint density at radius 3 is 2.56 bits per heavy atom. The summed E-state index contributed by atoms with van der Waals surface area (Å²) in [6.07, 6.45) is 6.67. The molecule has 0 amide bonds. The van der Waals surface area contributed by atoms with Crippen LogP contribution in [0.2, 0.25) is 0 Å². The van der Waals surface area contributed by atoms with E-state index in [1.165, 1.54) is 12.5 Å². The molecule has 4 heteroatoms. The number of hydrogen-bond acceptors (Lipinski definition) is 4. The molecule has 3 fully saturated rings. The summed E-state index contributed by atoms with van der Waals surface area (Å²) in [5.41, 5.74) is -0.880. The van der Waals surface area contributed by atoms with E-state index in [4.69, 9.17) is 0 Å². The molecule has 4 aliphatic rings. The van der Waals surface area contributed by atoms with Gasteiger partial charge in [0.05, 0.1) is 0 Å². The van der Waals surface area contributed by atoms with Crippen molar-refractivity contribution in [3.63, 3.8) is 0 Å². The van der Waals surface area contributed by atoms with Gasteiger partial charge in [-0.25, -0.2) is 0 Å². The first-order valence-corrected chi connectivity index (χ1v) is 9.63. The summed E-state index contributed by atoms with van der Waals surface area (Å²) in [6.45, 7) is 5.64. The number of rotatable bonds is 1. The number of allylic oxidation sites excluding steroid dienone is 1. The summed E-state index contributed by atoms with van der Waals surface area (Å²) in [6, 6.07) is 0. The van der Waals surface area contributed by atoms with Gasteiger partial charge < -0.3 is 5.11 Å². The molecule has 0 saturated heterocycles. The maximum Gasteiger partial charge on any atom is 0.162 e. The normalized spacial score (nSPS) is 49.1. The smallest absolute Gasteiger partial charge is 0.162 e. The highest BCUT2D eigenvalue weighted by molar-refractivity contribution is 5.98. The van der Waals surface area contributed by atoms with Crippen LogP contribution in [-0.2, 0) is 14.4 Å². The van der Waals surface area contributed by atoms with E-state index in [-0.39, 0.29) is 41.0 Å². The molecule has 0 aromatic heterocycles. The molecule has 0 aliphatic heterocycles. The van der Waals surface area contributed by atoms with Crippen LogP contribution in [-0.4, -0.2) is 28.1 Å². The molecule has 3 saturated carbocycles. The molecule has 0 bridgehead atoms. The van der Waals surface area contributed by atoms with Gasteiger partial charge in [0.1, 0.15) is 11.4 Å². The number of carbonyl (C=O) groups is 3. The van der Waals surface area contributed by atoms with Crippen LogP contribution in [0.25, 0.3) is 0 Å². The summed E-state index contributed by atoms with van der Waals surface area (Å²) >= 11 is 0. The summed E-state index contributed by atoms with van der Waals surface area (Å²) in [5, 5.41) is 11.1. The molecule has 6 unspecified atom stereocenters. The van der Waals surface area contributed by atoms with Crippen LogP contribution in [0.15, 0.2) is 11.6 Å². The fraction of sp³-hybridized carbons (Fsp3) is 0.762. The standard InChI is InChI=1S/C21H28O4/c1-12(22)21(25)11-17(24)18-15-5-4-13-10-14(23)6-8-19(13,2)16(15)7-9-20(18,21)3/h10,15-16,18,25H,4-9,11H2,1-3H3. The van der Waals surface area contributed by atoms with Crippen molar-refractivity contribution >= 4 is 17.3 Å². The molecule has 0 aromatic rings. The van der Waals surface area contributed by atoms with E-state index in [1.807, 2.05) is 13.0 Å². The van der Waals surface area contributed by atoms with Crippen LogP contribution in [0, 0.1) is 28.6 Å². The highest BCUT2D eigenvalue weighted by atomic mass is 16.3. The van der Waals surface area contributed by atoms with Crippen molar-refractivity contribution in [3.8, 4) is 0 Å². The second kappa shape index (κ2) is 5.12. The highest BCUT2D eigenvalue weighted by Crippen LogP contribution is 2.66. The number of Topliss-reactive ketones (excluding diaryl/α,β-unsaturated/α-hetero) is 2. The first-order chi connectivity index (χ1) is 11.6. The lowest BCUT2D eigenvalue weighted by molar-refractivity contribution is -0.160. The fourth-order valence-electron chi connectivity index (χ4n) is 6.92. The first-order valence-electron chi connectivity index (χ1n) is 9.63. The van der Waals surface area contributed by atoms with Crippen molar-refractivity contribution in [2.45, 2.75) is 71.3 Å². The van der Waals surface area contributed by atoms with Crippen LogP contribution in [0.1, 0.15) is 65.7 Å². The molecule has 0 spiro atoms. The maximum atomic E-state index is 12.9. The zero-order chi connectivity index (χ0) is 18.2. The number of fused-ring (bicyclic) bond motifs is 5. The van der Waals surface area contributed by atoms with Crippen molar-refractivity contribution in [2.24, 2.45) is 28.6 Å². The van der Waals surface area contributed by atoms with Crippen molar-refractivity contribution in [2.75, 3.05) is 0 Å². The Balaban J connectivity index is 1.75. The van der Waals surface area contributed by atoms with E-state index < -0.39 is 11.0 Å². The predicted octanol–water partition coefficient (Wildman–Crippen LogP) is 3.02. The van der Waals surface area contributed by atoms with E-state index in [0.717, 1.165) is 25.7 Å². The molecule has 4 nitrogen and oxygen atoms in total. The van der Waals surface area contributed by atoms with Crippen molar-refractivity contribution in [1.82, 2.24) is 0 Å². The summed E-state index contributed by atoms with van der Waals surface area (Å²) in [5.74, 6) is 0.394. The lowest BCUT2D eigenvalue weighted by Gasteiger charge is -2.58. The molecular weight excluding hydrogens is 316 g/mol. The number of aliphatic hydroxyl groups is 1. The average molecular weight is 344 g/mol. The minimum absolute atomic E-state index is 0.00460. The Labute approximate surface area is 149 Å².